The number of esters is 1. The lowest BCUT2D eigenvalue weighted by Gasteiger charge is -2.26. The van der Waals surface area contributed by atoms with Gasteiger partial charge in [0, 0.05) is 16.1 Å². The van der Waals surface area contributed by atoms with E-state index < -0.39 is 11.9 Å². The van der Waals surface area contributed by atoms with Gasteiger partial charge in [-0.15, -0.1) is 0 Å². The molecule has 0 unspecified atom stereocenters. The number of aromatic amines is 1. The molecule has 0 saturated carbocycles. The summed E-state index contributed by atoms with van der Waals surface area (Å²) in [5.41, 5.74) is 1.59. The molecule has 0 bridgehead atoms. The normalized spacial score (nSPS) is 12.7. The van der Waals surface area contributed by atoms with Crippen LogP contribution in [0.4, 0.5) is 0 Å². The number of ether oxygens (including phenoxy) is 2. The van der Waals surface area contributed by atoms with Crippen molar-refractivity contribution in [2.75, 3.05) is 0 Å². The van der Waals surface area contributed by atoms with E-state index >= 15 is 0 Å². The fraction of sp³-hybridized carbons (Fsp3) is 0.0870. The van der Waals surface area contributed by atoms with E-state index in [-0.39, 0.29) is 18.0 Å². The number of hydrogen-bond donors (Lipinski definition) is 1. The lowest BCUT2D eigenvalue weighted by Crippen LogP contribution is -2.22. The summed E-state index contributed by atoms with van der Waals surface area (Å²) in [6.07, 6.45) is 0. The summed E-state index contributed by atoms with van der Waals surface area (Å²) in [5, 5.41) is 0.890. The molecule has 0 atom stereocenters. The molecule has 0 fully saturated rings. The molecule has 2 heterocycles. The van der Waals surface area contributed by atoms with Crippen LogP contribution in [0.5, 0.6) is 11.5 Å². The predicted octanol–water partition coefficient (Wildman–Crippen LogP) is 4.56. The number of H-pyrrole nitrogens is 1. The van der Waals surface area contributed by atoms with Crippen LogP contribution in [0.1, 0.15) is 22.9 Å². The molecule has 1 N–H and O–H groups in total. The van der Waals surface area contributed by atoms with Crippen LogP contribution in [0.15, 0.2) is 71.5 Å². The van der Waals surface area contributed by atoms with Gasteiger partial charge in [-0.1, -0.05) is 48.0 Å². The van der Waals surface area contributed by atoms with Crippen molar-refractivity contribution in [3.8, 4) is 11.5 Å². The number of benzene rings is 3. The summed E-state index contributed by atoms with van der Waals surface area (Å²) in [6.45, 7) is -0.168. The molecule has 30 heavy (non-hydrogen) atoms. The van der Waals surface area contributed by atoms with Crippen molar-refractivity contribution in [3.05, 3.63) is 99.1 Å². The summed E-state index contributed by atoms with van der Waals surface area (Å²) in [6, 6.07) is 19.6. The highest BCUT2D eigenvalue weighted by Gasteiger charge is 2.33. The first-order valence-corrected chi connectivity index (χ1v) is 9.69. The highest BCUT2D eigenvalue weighted by molar-refractivity contribution is 6.31. The zero-order valence-corrected chi connectivity index (χ0v) is 16.3. The molecule has 1 aliphatic rings. The fourth-order valence-corrected chi connectivity index (χ4v) is 3.78. The van der Waals surface area contributed by atoms with E-state index in [1.54, 1.807) is 18.2 Å². The summed E-state index contributed by atoms with van der Waals surface area (Å²) in [7, 11) is 0. The molecule has 0 saturated heterocycles. The standard InChI is InChI=1S/C23H15ClN2O4/c24-13-9-10-14-17(11-13)25-20(26-22(14)27)12-29-23(28)21-15-5-1-3-7-18(15)30-19-8-4-2-6-16(19)21/h1-11,21H,12H2,(H,25,26,27). The van der Waals surface area contributed by atoms with E-state index in [4.69, 9.17) is 21.1 Å². The van der Waals surface area contributed by atoms with Crippen LogP contribution in [-0.2, 0) is 16.1 Å². The van der Waals surface area contributed by atoms with Crippen LogP contribution in [0.3, 0.4) is 0 Å². The molecule has 1 aliphatic heterocycles. The maximum Gasteiger partial charge on any atom is 0.318 e. The largest absolute Gasteiger partial charge is 0.457 e. The predicted molar refractivity (Wildman–Crippen MR) is 112 cm³/mol. The molecule has 4 aromatic rings. The SMILES string of the molecule is O=C(OCc1nc2cc(Cl)ccc2c(=O)[nH]1)C1c2ccccc2Oc2ccccc21. The van der Waals surface area contributed by atoms with E-state index in [1.165, 1.54) is 0 Å². The van der Waals surface area contributed by atoms with Gasteiger partial charge in [0.1, 0.15) is 29.8 Å². The smallest absolute Gasteiger partial charge is 0.318 e. The molecule has 1 aromatic heterocycles. The monoisotopic (exact) mass is 418 g/mol. The number of fused-ring (bicyclic) bond motifs is 3. The molecule has 0 radical (unpaired) electrons. The molecule has 0 aliphatic carbocycles. The van der Waals surface area contributed by atoms with Crippen molar-refractivity contribution in [1.82, 2.24) is 9.97 Å². The van der Waals surface area contributed by atoms with E-state index in [9.17, 15) is 9.59 Å². The maximum absolute atomic E-state index is 13.1. The third kappa shape index (κ3) is 3.21. The van der Waals surface area contributed by atoms with E-state index in [1.807, 2.05) is 48.5 Å². The molecule has 5 rings (SSSR count). The molecule has 7 heteroatoms. The minimum absolute atomic E-state index is 0.168. The second kappa shape index (κ2) is 7.31. The molecule has 148 valence electrons. The van der Waals surface area contributed by atoms with Gasteiger partial charge in [-0.05, 0) is 30.3 Å². The number of nitrogens with zero attached hydrogens (tertiary/aromatic N) is 1. The van der Waals surface area contributed by atoms with Crippen molar-refractivity contribution >= 4 is 28.5 Å². The molecule has 6 nitrogen and oxygen atoms in total. The lowest BCUT2D eigenvalue weighted by molar-refractivity contribution is -0.146. The van der Waals surface area contributed by atoms with Gasteiger partial charge in [0.2, 0.25) is 0 Å². The zero-order chi connectivity index (χ0) is 20.7. The third-order valence-electron chi connectivity index (χ3n) is 4.98. The van der Waals surface area contributed by atoms with E-state index in [0.717, 1.165) is 11.1 Å². The highest BCUT2D eigenvalue weighted by atomic mass is 35.5. The number of carbonyl (C=O) groups is 1. The second-order valence-electron chi connectivity index (χ2n) is 6.89. The Morgan fingerprint density at radius 3 is 2.40 bits per heavy atom. The van der Waals surface area contributed by atoms with Gasteiger partial charge in [0.15, 0.2) is 0 Å². The van der Waals surface area contributed by atoms with Crippen molar-refractivity contribution < 1.29 is 14.3 Å². The number of hydrogen-bond acceptors (Lipinski definition) is 5. The Labute approximate surface area is 176 Å². The highest BCUT2D eigenvalue weighted by Crippen LogP contribution is 2.44. The van der Waals surface area contributed by atoms with Crippen LogP contribution in [0, 0.1) is 0 Å². The summed E-state index contributed by atoms with van der Waals surface area (Å²) in [4.78, 5) is 32.4. The van der Waals surface area contributed by atoms with Crippen molar-refractivity contribution in [2.45, 2.75) is 12.5 Å². The van der Waals surface area contributed by atoms with Gasteiger partial charge >= 0.3 is 5.97 Å². The Kier molecular flexibility index (Phi) is 4.48. The number of aromatic nitrogens is 2. The first kappa shape index (κ1) is 18.4. The van der Waals surface area contributed by atoms with Crippen LogP contribution in [0.25, 0.3) is 10.9 Å². The Hall–Kier alpha value is -3.64. The van der Waals surface area contributed by atoms with Gasteiger partial charge in [0.25, 0.3) is 5.56 Å². The Balaban J connectivity index is 1.45. The summed E-state index contributed by atoms with van der Waals surface area (Å²) < 4.78 is 11.5. The van der Waals surface area contributed by atoms with Gasteiger partial charge in [-0.25, -0.2) is 4.98 Å². The van der Waals surface area contributed by atoms with Crippen molar-refractivity contribution in [3.63, 3.8) is 0 Å². The number of para-hydroxylation sites is 2. The van der Waals surface area contributed by atoms with Gasteiger partial charge in [0.05, 0.1) is 10.9 Å². The maximum atomic E-state index is 13.1. The van der Waals surface area contributed by atoms with E-state index in [2.05, 4.69) is 9.97 Å². The lowest BCUT2D eigenvalue weighted by atomic mass is 9.88. The molecular formula is C23H15ClN2O4. The number of carbonyl (C=O) groups excluding carboxylic acids is 1. The zero-order valence-electron chi connectivity index (χ0n) is 15.6. The molecule has 3 aromatic carbocycles. The first-order chi connectivity index (χ1) is 14.6. The number of nitrogens with one attached hydrogen (secondary N) is 1. The minimum Gasteiger partial charge on any atom is -0.457 e. The number of halogens is 1. The van der Waals surface area contributed by atoms with Crippen molar-refractivity contribution in [1.29, 1.82) is 0 Å². The van der Waals surface area contributed by atoms with Crippen LogP contribution < -0.4 is 10.3 Å². The van der Waals surface area contributed by atoms with Crippen LogP contribution >= 0.6 is 11.6 Å². The minimum atomic E-state index is -0.632. The average Bonchev–Trinajstić information content (AvgIpc) is 2.75. The summed E-state index contributed by atoms with van der Waals surface area (Å²) >= 11 is 6.00. The Bertz CT molecular complexity index is 1300. The van der Waals surface area contributed by atoms with Gasteiger partial charge in [-0.2, -0.15) is 0 Å². The average molecular weight is 419 g/mol. The topological polar surface area (TPSA) is 81.3 Å². The first-order valence-electron chi connectivity index (χ1n) is 9.31. The van der Waals surface area contributed by atoms with E-state index in [0.29, 0.717) is 27.4 Å². The van der Waals surface area contributed by atoms with Gasteiger partial charge in [-0.3, -0.25) is 9.59 Å². The Morgan fingerprint density at radius 2 is 1.70 bits per heavy atom. The van der Waals surface area contributed by atoms with Crippen molar-refractivity contribution in [2.24, 2.45) is 0 Å². The molecule has 0 spiro atoms. The van der Waals surface area contributed by atoms with Crippen LogP contribution in [0.2, 0.25) is 5.02 Å². The summed E-state index contributed by atoms with van der Waals surface area (Å²) in [5.74, 6) is 0.395. The third-order valence-corrected chi connectivity index (χ3v) is 5.22. The molecule has 0 amide bonds. The molecular weight excluding hydrogens is 404 g/mol. The van der Waals surface area contributed by atoms with Gasteiger partial charge < -0.3 is 14.5 Å². The second-order valence-corrected chi connectivity index (χ2v) is 7.33. The quantitative estimate of drug-likeness (QED) is 0.493. The fourth-order valence-electron chi connectivity index (χ4n) is 3.62. The van der Waals surface area contributed by atoms with Crippen LogP contribution in [-0.4, -0.2) is 15.9 Å². The Morgan fingerprint density at radius 1 is 1.03 bits per heavy atom. The number of rotatable bonds is 3.